The van der Waals surface area contributed by atoms with Crippen molar-refractivity contribution in [3.05, 3.63) is 85.3 Å². The average molecular weight is 382 g/mol. The molecule has 5 rings (SSSR count). The van der Waals surface area contributed by atoms with E-state index < -0.39 is 0 Å². The molecule has 0 spiro atoms. The minimum absolute atomic E-state index is 0.258. The molecule has 140 valence electrons. The number of carbonyl (C=O) groups excluding carboxylic acids is 1. The monoisotopic (exact) mass is 382 g/mol. The summed E-state index contributed by atoms with van der Waals surface area (Å²) in [7, 11) is 0. The zero-order valence-corrected chi connectivity index (χ0v) is 15.1. The van der Waals surface area contributed by atoms with Gasteiger partial charge in [-0.25, -0.2) is 19.6 Å². The number of anilines is 1. The molecule has 5 aromatic rings. The Bertz CT molecular complexity index is 1280. The van der Waals surface area contributed by atoms with Crippen molar-refractivity contribution in [2.24, 2.45) is 0 Å². The molecule has 0 bridgehead atoms. The van der Waals surface area contributed by atoms with Gasteiger partial charge in [0.25, 0.3) is 5.91 Å². The Kier molecular flexibility index (Phi) is 4.06. The lowest BCUT2D eigenvalue weighted by Gasteiger charge is -2.10. The predicted octanol–water partition coefficient (Wildman–Crippen LogP) is 3.72. The van der Waals surface area contributed by atoms with E-state index in [2.05, 4.69) is 25.4 Å². The molecule has 8 nitrogen and oxygen atoms in total. The molecule has 1 N–H and O–H groups in total. The lowest BCUT2D eigenvalue weighted by molar-refractivity contribution is 0.102. The SMILES string of the molecule is O=C(Nc1ccc(-n2cncn2)nc1)c1cc(-c2ccco2)nc2ccccc12. The highest BCUT2D eigenvalue weighted by atomic mass is 16.3. The van der Waals surface area contributed by atoms with Crippen LogP contribution in [-0.4, -0.2) is 30.6 Å². The van der Waals surface area contributed by atoms with Gasteiger partial charge in [-0.05, 0) is 36.4 Å². The van der Waals surface area contributed by atoms with E-state index in [-0.39, 0.29) is 5.91 Å². The van der Waals surface area contributed by atoms with E-state index in [1.807, 2.05) is 30.3 Å². The molecule has 0 aliphatic heterocycles. The molecule has 0 saturated heterocycles. The van der Waals surface area contributed by atoms with E-state index in [1.165, 1.54) is 11.0 Å². The average Bonchev–Trinajstić information content (AvgIpc) is 3.48. The number of para-hydroxylation sites is 1. The number of pyridine rings is 2. The first-order valence-corrected chi connectivity index (χ1v) is 8.84. The second kappa shape index (κ2) is 7.01. The van der Waals surface area contributed by atoms with E-state index >= 15 is 0 Å². The first kappa shape index (κ1) is 16.8. The number of amides is 1. The quantitative estimate of drug-likeness (QED) is 0.509. The Morgan fingerprint density at radius 1 is 1.07 bits per heavy atom. The lowest BCUT2D eigenvalue weighted by Crippen LogP contribution is -2.13. The predicted molar refractivity (Wildman–Crippen MR) is 107 cm³/mol. The maximum absolute atomic E-state index is 13.0. The minimum atomic E-state index is -0.258. The van der Waals surface area contributed by atoms with Crippen LogP contribution in [0.4, 0.5) is 5.69 Å². The molecule has 1 aromatic carbocycles. The van der Waals surface area contributed by atoms with E-state index in [9.17, 15) is 4.79 Å². The molecule has 0 unspecified atom stereocenters. The minimum Gasteiger partial charge on any atom is -0.463 e. The number of hydrogen-bond donors (Lipinski definition) is 1. The summed E-state index contributed by atoms with van der Waals surface area (Å²) in [6.07, 6.45) is 6.14. The zero-order valence-electron chi connectivity index (χ0n) is 15.1. The first-order chi connectivity index (χ1) is 14.3. The van der Waals surface area contributed by atoms with Gasteiger partial charge in [-0.15, -0.1) is 0 Å². The third kappa shape index (κ3) is 3.23. The first-order valence-electron chi connectivity index (χ1n) is 8.84. The zero-order chi connectivity index (χ0) is 19.6. The third-order valence-corrected chi connectivity index (χ3v) is 4.39. The van der Waals surface area contributed by atoms with Crippen LogP contribution in [0.25, 0.3) is 28.2 Å². The molecule has 0 aliphatic carbocycles. The van der Waals surface area contributed by atoms with Crippen LogP contribution in [0.2, 0.25) is 0 Å². The molecule has 29 heavy (non-hydrogen) atoms. The second-order valence-corrected chi connectivity index (χ2v) is 6.25. The summed E-state index contributed by atoms with van der Waals surface area (Å²) >= 11 is 0. The van der Waals surface area contributed by atoms with Crippen LogP contribution in [0.15, 0.2) is 84.1 Å². The van der Waals surface area contributed by atoms with Gasteiger partial charge in [-0.2, -0.15) is 5.10 Å². The number of carbonyl (C=O) groups is 1. The molecular formula is C21H14N6O2. The number of fused-ring (bicyclic) bond motifs is 1. The van der Waals surface area contributed by atoms with E-state index in [0.29, 0.717) is 34.0 Å². The van der Waals surface area contributed by atoms with Gasteiger partial charge in [-0.1, -0.05) is 18.2 Å². The highest BCUT2D eigenvalue weighted by molar-refractivity contribution is 6.13. The van der Waals surface area contributed by atoms with Crippen LogP contribution >= 0.6 is 0 Å². The van der Waals surface area contributed by atoms with E-state index in [0.717, 1.165) is 5.39 Å². The molecule has 0 aliphatic rings. The van der Waals surface area contributed by atoms with E-state index in [4.69, 9.17) is 4.42 Å². The highest BCUT2D eigenvalue weighted by Crippen LogP contribution is 2.26. The molecule has 1 amide bonds. The summed E-state index contributed by atoms with van der Waals surface area (Å²) in [6.45, 7) is 0. The van der Waals surface area contributed by atoms with E-state index in [1.54, 1.807) is 43.1 Å². The largest absolute Gasteiger partial charge is 0.463 e. The van der Waals surface area contributed by atoms with Crippen LogP contribution in [-0.2, 0) is 0 Å². The van der Waals surface area contributed by atoms with Gasteiger partial charge < -0.3 is 9.73 Å². The smallest absolute Gasteiger partial charge is 0.256 e. The fourth-order valence-corrected chi connectivity index (χ4v) is 3.03. The van der Waals surface area contributed by atoms with Crippen molar-refractivity contribution in [2.45, 2.75) is 0 Å². The van der Waals surface area contributed by atoms with Crippen LogP contribution in [0.1, 0.15) is 10.4 Å². The van der Waals surface area contributed by atoms with Gasteiger partial charge in [0.15, 0.2) is 11.6 Å². The number of furan rings is 1. The van der Waals surface area contributed by atoms with Crippen molar-refractivity contribution < 1.29 is 9.21 Å². The fraction of sp³-hybridized carbons (Fsp3) is 0. The normalized spacial score (nSPS) is 10.9. The van der Waals surface area contributed by atoms with Crippen molar-refractivity contribution >= 4 is 22.5 Å². The van der Waals surface area contributed by atoms with Crippen molar-refractivity contribution in [1.29, 1.82) is 0 Å². The number of benzene rings is 1. The van der Waals surface area contributed by atoms with Crippen LogP contribution in [0.5, 0.6) is 0 Å². The molecule has 4 heterocycles. The molecule has 0 fully saturated rings. The van der Waals surface area contributed by atoms with Crippen LogP contribution in [0.3, 0.4) is 0 Å². The maximum atomic E-state index is 13.0. The molecule has 8 heteroatoms. The van der Waals surface area contributed by atoms with Crippen molar-refractivity contribution in [1.82, 2.24) is 24.7 Å². The Labute approximate surface area is 164 Å². The van der Waals surface area contributed by atoms with Crippen molar-refractivity contribution in [3.8, 4) is 17.3 Å². The number of aromatic nitrogens is 5. The summed E-state index contributed by atoms with van der Waals surface area (Å²) in [6, 6.07) is 16.3. The van der Waals surface area contributed by atoms with Gasteiger partial charge in [0.05, 0.1) is 29.2 Å². The fourth-order valence-electron chi connectivity index (χ4n) is 3.03. The van der Waals surface area contributed by atoms with Gasteiger partial charge >= 0.3 is 0 Å². The summed E-state index contributed by atoms with van der Waals surface area (Å²) in [4.78, 5) is 25.8. The lowest BCUT2D eigenvalue weighted by atomic mass is 10.1. The topological polar surface area (TPSA) is 98.7 Å². The Balaban J connectivity index is 1.49. The van der Waals surface area contributed by atoms with Gasteiger partial charge in [0.1, 0.15) is 18.3 Å². The number of rotatable bonds is 4. The molecule has 0 atom stereocenters. The Hall–Kier alpha value is -4.33. The van der Waals surface area contributed by atoms with Gasteiger partial charge in [0, 0.05) is 5.39 Å². The number of hydrogen-bond acceptors (Lipinski definition) is 6. The third-order valence-electron chi connectivity index (χ3n) is 4.39. The Morgan fingerprint density at radius 2 is 2.00 bits per heavy atom. The van der Waals surface area contributed by atoms with Crippen LogP contribution in [0, 0.1) is 0 Å². The summed E-state index contributed by atoms with van der Waals surface area (Å²) < 4.78 is 6.99. The highest BCUT2D eigenvalue weighted by Gasteiger charge is 2.15. The van der Waals surface area contributed by atoms with Gasteiger partial charge in [0.2, 0.25) is 0 Å². The van der Waals surface area contributed by atoms with Crippen LogP contribution < -0.4 is 5.32 Å². The number of nitrogens with zero attached hydrogens (tertiary/aromatic N) is 5. The van der Waals surface area contributed by atoms with Crippen molar-refractivity contribution in [3.63, 3.8) is 0 Å². The molecule has 4 aromatic heterocycles. The summed E-state index contributed by atoms with van der Waals surface area (Å²) in [5.41, 5.74) is 2.38. The molecular weight excluding hydrogens is 368 g/mol. The second-order valence-electron chi connectivity index (χ2n) is 6.25. The summed E-state index contributed by atoms with van der Waals surface area (Å²) in [5, 5.41) is 7.68. The Morgan fingerprint density at radius 3 is 2.76 bits per heavy atom. The summed E-state index contributed by atoms with van der Waals surface area (Å²) in [5.74, 6) is 0.949. The number of nitrogens with one attached hydrogen (secondary N) is 1. The molecule has 0 saturated carbocycles. The molecule has 0 radical (unpaired) electrons. The van der Waals surface area contributed by atoms with Gasteiger partial charge in [-0.3, -0.25) is 4.79 Å². The maximum Gasteiger partial charge on any atom is 0.256 e. The standard InChI is InChI=1S/C21H14N6O2/c28-21(25-14-7-8-20(23-11-14)27-13-22-12-24-27)16-10-18(19-6-3-9-29-19)26-17-5-2-1-4-15(16)17/h1-13H,(H,25,28). The van der Waals surface area contributed by atoms with Crippen molar-refractivity contribution in [2.75, 3.05) is 5.32 Å².